The van der Waals surface area contributed by atoms with Gasteiger partial charge in [0.15, 0.2) is 11.4 Å². The molecule has 4 aromatic rings. The molecule has 0 bridgehead atoms. The second-order valence-electron chi connectivity index (χ2n) is 7.73. The Kier molecular flexibility index (Phi) is 5.51. The molecule has 158 valence electrons. The van der Waals surface area contributed by atoms with E-state index in [0.29, 0.717) is 17.6 Å². The van der Waals surface area contributed by atoms with Gasteiger partial charge in [-0.3, -0.25) is 4.79 Å². The number of hydrogen-bond acceptors (Lipinski definition) is 6. The first-order valence-electron chi connectivity index (χ1n) is 10.6. The van der Waals surface area contributed by atoms with Gasteiger partial charge in [-0.1, -0.05) is 24.3 Å². The third-order valence-corrected chi connectivity index (χ3v) is 6.42. The van der Waals surface area contributed by atoms with Crippen LogP contribution in [0.3, 0.4) is 0 Å². The second kappa shape index (κ2) is 8.59. The van der Waals surface area contributed by atoms with Gasteiger partial charge in [-0.2, -0.15) is 0 Å². The fourth-order valence-electron chi connectivity index (χ4n) is 4.00. The number of rotatable bonds is 5. The molecule has 1 saturated heterocycles. The molecule has 2 aromatic heterocycles. The fourth-order valence-corrected chi connectivity index (χ4v) is 4.41. The van der Waals surface area contributed by atoms with Crippen molar-refractivity contribution >= 4 is 45.6 Å². The van der Waals surface area contributed by atoms with Gasteiger partial charge < -0.3 is 14.6 Å². The molecule has 0 unspecified atom stereocenters. The Morgan fingerprint density at radius 2 is 1.84 bits per heavy atom. The number of fused-ring (bicyclic) bond motifs is 3. The predicted octanol–water partition coefficient (Wildman–Crippen LogP) is 5.02. The Hall–Kier alpha value is -3.06. The normalized spacial score (nSPS) is 14.3. The molecule has 1 aliphatic heterocycles. The molecule has 0 saturated carbocycles. The number of benzene rings is 2. The third kappa shape index (κ3) is 3.97. The second-order valence-corrected chi connectivity index (χ2v) is 8.60. The number of anilines is 1. The maximum atomic E-state index is 13.0. The highest BCUT2D eigenvalue weighted by Gasteiger charge is 2.23. The topological polar surface area (TPSA) is 71.3 Å². The molecule has 6 nitrogen and oxygen atoms in total. The van der Waals surface area contributed by atoms with Crippen LogP contribution in [-0.4, -0.2) is 35.2 Å². The number of piperidine rings is 1. The molecule has 1 amide bonds. The van der Waals surface area contributed by atoms with Crippen molar-refractivity contribution in [1.82, 2.24) is 15.3 Å². The van der Waals surface area contributed by atoms with Gasteiger partial charge in [0.2, 0.25) is 5.82 Å². The summed E-state index contributed by atoms with van der Waals surface area (Å²) in [6.45, 7) is 2.25. The quantitative estimate of drug-likeness (QED) is 0.447. The number of hydrogen-bond donors (Lipinski definition) is 1. The summed E-state index contributed by atoms with van der Waals surface area (Å²) in [6, 6.07) is 16.0. The number of furan rings is 1. The van der Waals surface area contributed by atoms with Crippen LogP contribution >= 0.6 is 11.8 Å². The van der Waals surface area contributed by atoms with E-state index in [1.54, 1.807) is 11.8 Å². The van der Waals surface area contributed by atoms with Crippen molar-refractivity contribution in [3.63, 3.8) is 0 Å². The molecule has 0 spiro atoms. The zero-order valence-electron chi connectivity index (χ0n) is 17.4. The van der Waals surface area contributed by atoms with E-state index in [1.165, 1.54) is 11.3 Å². The smallest absolute Gasteiger partial charge is 0.289 e. The Bertz CT molecular complexity index is 1230. The van der Waals surface area contributed by atoms with Crippen LogP contribution in [0.15, 0.2) is 57.8 Å². The van der Waals surface area contributed by atoms with E-state index in [-0.39, 0.29) is 11.7 Å². The van der Waals surface area contributed by atoms with E-state index in [9.17, 15) is 4.79 Å². The molecule has 7 heteroatoms. The average Bonchev–Trinajstić information content (AvgIpc) is 3.21. The molecule has 3 heterocycles. The van der Waals surface area contributed by atoms with Crippen molar-refractivity contribution in [1.29, 1.82) is 0 Å². The average molecular weight is 433 g/mol. The first-order valence-corrected chi connectivity index (χ1v) is 11.8. The van der Waals surface area contributed by atoms with Crippen LogP contribution in [0.1, 0.15) is 35.4 Å². The molecule has 1 N–H and O–H groups in total. The van der Waals surface area contributed by atoms with Gasteiger partial charge in [-0.25, -0.2) is 9.97 Å². The minimum atomic E-state index is -0.278. The number of thioether (sulfide) groups is 1. The van der Waals surface area contributed by atoms with Crippen LogP contribution in [0.5, 0.6) is 0 Å². The summed E-state index contributed by atoms with van der Waals surface area (Å²) in [5.41, 5.74) is 3.15. The molecule has 1 aliphatic rings. The lowest BCUT2D eigenvalue weighted by atomic mass is 10.1. The number of amides is 1. The SMILES string of the molecule is CSc1ccc(CNC(=O)c2nc(N3CCCCC3)c3oc4ccccc4c3n2)cc1. The van der Waals surface area contributed by atoms with Crippen molar-refractivity contribution < 1.29 is 9.21 Å². The summed E-state index contributed by atoms with van der Waals surface area (Å²) < 4.78 is 6.12. The summed E-state index contributed by atoms with van der Waals surface area (Å²) in [5.74, 6) is 0.620. The zero-order chi connectivity index (χ0) is 21.2. The van der Waals surface area contributed by atoms with Gasteiger partial charge in [0.05, 0.1) is 0 Å². The predicted molar refractivity (Wildman–Crippen MR) is 125 cm³/mol. The Balaban J connectivity index is 1.49. The molecule has 1 fully saturated rings. The largest absolute Gasteiger partial charge is 0.450 e. The number of para-hydroxylation sites is 1. The maximum Gasteiger partial charge on any atom is 0.289 e. The van der Waals surface area contributed by atoms with Gasteiger partial charge in [-0.05, 0) is 55.3 Å². The van der Waals surface area contributed by atoms with E-state index in [1.807, 2.05) is 42.7 Å². The van der Waals surface area contributed by atoms with Gasteiger partial charge in [0, 0.05) is 29.9 Å². The van der Waals surface area contributed by atoms with E-state index < -0.39 is 0 Å². The van der Waals surface area contributed by atoms with Crippen molar-refractivity contribution in [2.45, 2.75) is 30.7 Å². The van der Waals surface area contributed by atoms with Gasteiger partial charge in [0.25, 0.3) is 5.91 Å². The van der Waals surface area contributed by atoms with Crippen molar-refractivity contribution in [3.8, 4) is 0 Å². The van der Waals surface area contributed by atoms with E-state index >= 15 is 0 Å². The minimum Gasteiger partial charge on any atom is -0.450 e. The lowest BCUT2D eigenvalue weighted by Gasteiger charge is -2.27. The first kappa shape index (κ1) is 19.9. The van der Waals surface area contributed by atoms with Crippen LogP contribution < -0.4 is 10.2 Å². The summed E-state index contributed by atoms with van der Waals surface area (Å²) in [6.07, 6.45) is 5.48. The fraction of sp³-hybridized carbons (Fsp3) is 0.292. The maximum absolute atomic E-state index is 13.0. The minimum absolute atomic E-state index is 0.181. The summed E-state index contributed by atoms with van der Waals surface area (Å²) in [5, 5.41) is 3.87. The molecular weight excluding hydrogens is 408 g/mol. The van der Waals surface area contributed by atoms with Crippen LogP contribution in [0.4, 0.5) is 5.82 Å². The zero-order valence-corrected chi connectivity index (χ0v) is 18.2. The van der Waals surface area contributed by atoms with E-state index in [0.717, 1.165) is 48.3 Å². The molecule has 0 radical (unpaired) electrons. The van der Waals surface area contributed by atoms with Crippen molar-refractivity contribution in [2.24, 2.45) is 0 Å². The lowest BCUT2D eigenvalue weighted by Crippen LogP contribution is -2.32. The highest BCUT2D eigenvalue weighted by Crippen LogP contribution is 2.34. The highest BCUT2D eigenvalue weighted by molar-refractivity contribution is 7.98. The molecule has 2 aromatic carbocycles. The standard InChI is InChI=1S/C24H24N4O2S/c1-31-17-11-9-16(10-12-17)15-25-24(29)22-26-20-18-7-3-4-8-19(18)30-21(20)23(27-22)28-13-5-2-6-14-28/h3-4,7-12H,2,5-6,13-15H2,1H3,(H,25,29). The third-order valence-electron chi connectivity index (χ3n) is 5.67. The number of nitrogens with one attached hydrogen (secondary N) is 1. The van der Waals surface area contributed by atoms with Crippen molar-refractivity contribution in [2.75, 3.05) is 24.2 Å². The van der Waals surface area contributed by atoms with E-state index in [4.69, 9.17) is 4.42 Å². The number of nitrogens with zero attached hydrogens (tertiary/aromatic N) is 3. The van der Waals surface area contributed by atoms with Crippen LogP contribution in [-0.2, 0) is 6.54 Å². The Morgan fingerprint density at radius 3 is 2.61 bits per heavy atom. The molecule has 0 atom stereocenters. The molecular formula is C24H24N4O2S. The Morgan fingerprint density at radius 1 is 1.06 bits per heavy atom. The molecule has 5 rings (SSSR count). The highest BCUT2D eigenvalue weighted by atomic mass is 32.2. The van der Waals surface area contributed by atoms with Crippen LogP contribution in [0.25, 0.3) is 22.1 Å². The number of carbonyl (C=O) groups excluding carboxylic acids is 1. The summed E-state index contributed by atoms with van der Waals surface area (Å²) in [7, 11) is 0. The summed E-state index contributed by atoms with van der Waals surface area (Å²) in [4.78, 5) is 25.7. The monoisotopic (exact) mass is 432 g/mol. The molecule has 0 aliphatic carbocycles. The van der Waals surface area contributed by atoms with Gasteiger partial charge >= 0.3 is 0 Å². The van der Waals surface area contributed by atoms with Gasteiger partial charge in [0.1, 0.15) is 11.1 Å². The Labute approximate surface area is 185 Å². The van der Waals surface area contributed by atoms with Crippen LogP contribution in [0.2, 0.25) is 0 Å². The van der Waals surface area contributed by atoms with Crippen LogP contribution in [0, 0.1) is 0 Å². The molecule has 31 heavy (non-hydrogen) atoms. The van der Waals surface area contributed by atoms with E-state index in [2.05, 4.69) is 32.3 Å². The van der Waals surface area contributed by atoms with Crippen molar-refractivity contribution in [3.05, 3.63) is 59.9 Å². The summed E-state index contributed by atoms with van der Waals surface area (Å²) >= 11 is 1.70. The number of aromatic nitrogens is 2. The first-order chi connectivity index (χ1) is 15.2. The lowest BCUT2D eigenvalue weighted by molar-refractivity contribution is 0.0941. The van der Waals surface area contributed by atoms with Gasteiger partial charge in [-0.15, -0.1) is 11.8 Å². The number of carbonyl (C=O) groups is 1.